The molecule has 6 heteroatoms. The van der Waals surface area contributed by atoms with Crippen molar-refractivity contribution in [3.8, 4) is 0 Å². The molecule has 28 heavy (non-hydrogen) atoms. The average Bonchev–Trinajstić information content (AvgIpc) is 3.14. The average molecular weight is 445 g/mol. The topological polar surface area (TPSA) is 15.6 Å². The van der Waals surface area contributed by atoms with E-state index in [0.29, 0.717) is 6.42 Å². The minimum Gasteiger partial charge on any atom is -0.257 e. The van der Waals surface area contributed by atoms with Crippen LogP contribution in [0.2, 0.25) is 0 Å². The van der Waals surface area contributed by atoms with Crippen LogP contribution in [-0.2, 0) is 6.18 Å². The smallest absolute Gasteiger partial charge is 0.257 e. The second-order valence-corrected chi connectivity index (χ2v) is 7.45. The van der Waals surface area contributed by atoms with Crippen LogP contribution in [-0.4, -0.2) is 5.71 Å². The summed E-state index contributed by atoms with van der Waals surface area (Å²) < 4.78 is 41.8. The molecule has 0 radical (unpaired) electrons. The Kier molecular flexibility index (Phi) is 4.98. The number of para-hydroxylation sites is 1. The Hall–Kier alpha value is -2.60. The highest BCUT2D eigenvalue weighted by atomic mass is 79.9. The fourth-order valence-electron chi connectivity index (χ4n) is 3.43. The van der Waals surface area contributed by atoms with Gasteiger partial charge in [-0.25, -0.2) is 0 Å². The molecule has 0 fully saturated rings. The first-order valence-corrected chi connectivity index (χ1v) is 9.56. The molecule has 142 valence electrons. The highest BCUT2D eigenvalue weighted by Crippen LogP contribution is 2.42. The van der Waals surface area contributed by atoms with Crippen LogP contribution in [0.5, 0.6) is 0 Å². The maximum Gasteiger partial charge on any atom is 0.416 e. The molecule has 1 unspecified atom stereocenters. The van der Waals surface area contributed by atoms with Crippen LogP contribution in [0.3, 0.4) is 0 Å². The third kappa shape index (κ3) is 3.69. The van der Waals surface area contributed by atoms with Gasteiger partial charge in [0.2, 0.25) is 0 Å². The van der Waals surface area contributed by atoms with Crippen molar-refractivity contribution in [3.63, 3.8) is 0 Å². The van der Waals surface area contributed by atoms with E-state index in [0.717, 1.165) is 27.5 Å². The number of rotatable bonds is 3. The molecule has 0 spiro atoms. The standard InChI is InChI=1S/C22H16BrF3N2/c23-16-12-10-15(11-13-16)20-14-21(28(27-20)17-6-2-1-3-7-17)18-8-4-5-9-19(18)22(24,25)26/h1-13,21H,14H2. The van der Waals surface area contributed by atoms with Gasteiger partial charge in [0, 0.05) is 10.9 Å². The molecule has 0 amide bonds. The SMILES string of the molecule is FC(F)(F)c1ccccc1C1CC(c2ccc(Br)cc2)=NN1c1ccccc1. The Bertz CT molecular complexity index is 998. The van der Waals surface area contributed by atoms with Crippen LogP contribution in [0, 0.1) is 0 Å². The summed E-state index contributed by atoms with van der Waals surface area (Å²) in [6.45, 7) is 0. The lowest BCUT2D eigenvalue weighted by Gasteiger charge is -2.26. The number of hydrogen-bond acceptors (Lipinski definition) is 2. The molecule has 0 bridgehead atoms. The van der Waals surface area contributed by atoms with Crippen molar-refractivity contribution < 1.29 is 13.2 Å². The van der Waals surface area contributed by atoms with Crippen LogP contribution in [0.4, 0.5) is 18.9 Å². The molecule has 2 nitrogen and oxygen atoms in total. The van der Waals surface area contributed by atoms with Gasteiger partial charge in [-0.15, -0.1) is 0 Å². The number of benzene rings is 3. The number of nitrogens with zero attached hydrogens (tertiary/aromatic N) is 2. The van der Waals surface area contributed by atoms with E-state index in [4.69, 9.17) is 5.10 Å². The van der Waals surface area contributed by atoms with E-state index in [1.54, 1.807) is 17.1 Å². The van der Waals surface area contributed by atoms with E-state index < -0.39 is 17.8 Å². The fraction of sp³-hybridized carbons (Fsp3) is 0.136. The summed E-state index contributed by atoms with van der Waals surface area (Å²) in [5.41, 5.74) is 2.04. The second kappa shape index (κ2) is 7.43. The molecule has 0 N–H and O–H groups in total. The van der Waals surface area contributed by atoms with Crippen molar-refractivity contribution in [1.82, 2.24) is 0 Å². The maximum atomic E-state index is 13.6. The van der Waals surface area contributed by atoms with Crippen molar-refractivity contribution in [1.29, 1.82) is 0 Å². The molecule has 1 heterocycles. The van der Waals surface area contributed by atoms with Crippen LogP contribution >= 0.6 is 15.9 Å². The van der Waals surface area contributed by atoms with Gasteiger partial charge >= 0.3 is 6.18 Å². The molecule has 0 saturated heterocycles. The Morgan fingerprint density at radius 2 is 1.50 bits per heavy atom. The Morgan fingerprint density at radius 3 is 2.18 bits per heavy atom. The zero-order valence-electron chi connectivity index (χ0n) is 14.7. The molecule has 1 atom stereocenters. The van der Waals surface area contributed by atoms with Gasteiger partial charge in [-0.05, 0) is 41.5 Å². The quantitative estimate of drug-likeness (QED) is 0.432. The van der Waals surface area contributed by atoms with Gasteiger partial charge in [-0.1, -0.05) is 64.5 Å². The first kappa shape index (κ1) is 18.7. The monoisotopic (exact) mass is 444 g/mol. The first-order chi connectivity index (χ1) is 13.4. The zero-order valence-corrected chi connectivity index (χ0v) is 16.3. The third-order valence-corrected chi connectivity index (χ3v) is 5.26. The Labute approximate surface area is 169 Å². The summed E-state index contributed by atoms with van der Waals surface area (Å²) in [5, 5.41) is 6.40. The molecular formula is C22H16BrF3N2. The van der Waals surface area contributed by atoms with Crippen LogP contribution in [0.15, 0.2) is 88.4 Å². The zero-order chi connectivity index (χ0) is 19.7. The number of alkyl halides is 3. The van der Waals surface area contributed by atoms with Gasteiger partial charge < -0.3 is 0 Å². The third-order valence-electron chi connectivity index (χ3n) is 4.73. The summed E-state index contributed by atoms with van der Waals surface area (Å²) >= 11 is 3.41. The molecule has 3 aromatic rings. The van der Waals surface area contributed by atoms with Crippen molar-refractivity contribution >= 4 is 27.3 Å². The Balaban J connectivity index is 1.80. The molecule has 1 aliphatic heterocycles. The molecule has 1 aliphatic rings. The van der Waals surface area contributed by atoms with Crippen molar-refractivity contribution in [2.24, 2.45) is 5.10 Å². The van der Waals surface area contributed by atoms with E-state index in [2.05, 4.69) is 15.9 Å². The van der Waals surface area contributed by atoms with Gasteiger partial charge in [0.25, 0.3) is 0 Å². The second-order valence-electron chi connectivity index (χ2n) is 6.54. The summed E-state index contributed by atoms with van der Waals surface area (Å²) in [6.07, 6.45) is -4.02. The Morgan fingerprint density at radius 1 is 0.857 bits per heavy atom. The minimum atomic E-state index is -4.42. The van der Waals surface area contributed by atoms with Crippen LogP contribution in [0.1, 0.15) is 29.2 Å². The lowest BCUT2D eigenvalue weighted by Crippen LogP contribution is -2.22. The maximum absolute atomic E-state index is 13.6. The van der Waals surface area contributed by atoms with Gasteiger partial charge in [0.15, 0.2) is 0 Å². The van der Waals surface area contributed by atoms with E-state index in [1.807, 2.05) is 54.6 Å². The summed E-state index contributed by atoms with van der Waals surface area (Å²) in [5.74, 6) is 0. The number of anilines is 1. The molecule has 4 rings (SSSR count). The lowest BCUT2D eigenvalue weighted by atomic mass is 9.94. The highest BCUT2D eigenvalue weighted by molar-refractivity contribution is 9.10. The molecule has 0 saturated carbocycles. The summed E-state index contributed by atoms with van der Waals surface area (Å²) in [7, 11) is 0. The lowest BCUT2D eigenvalue weighted by molar-refractivity contribution is -0.138. The van der Waals surface area contributed by atoms with E-state index in [9.17, 15) is 13.2 Å². The van der Waals surface area contributed by atoms with Gasteiger partial charge in [0.1, 0.15) is 0 Å². The van der Waals surface area contributed by atoms with Crippen LogP contribution in [0.25, 0.3) is 0 Å². The molecular weight excluding hydrogens is 429 g/mol. The predicted octanol–water partition coefficient (Wildman–Crippen LogP) is 6.82. The first-order valence-electron chi connectivity index (χ1n) is 8.77. The van der Waals surface area contributed by atoms with Crippen molar-refractivity contribution in [2.75, 3.05) is 5.01 Å². The molecule has 0 aliphatic carbocycles. The van der Waals surface area contributed by atoms with Crippen molar-refractivity contribution in [2.45, 2.75) is 18.6 Å². The van der Waals surface area contributed by atoms with Gasteiger partial charge in [0.05, 0.1) is 23.0 Å². The van der Waals surface area contributed by atoms with Gasteiger partial charge in [-0.3, -0.25) is 5.01 Å². The molecule has 0 aromatic heterocycles. The minimum absolute atomic E-state index is 0.231. The van der Waals surface area contributed by atoms with E-state index in [1.165, 1.54) is 6.07 Å². The van der Waals surface area contributed by atoms with Crippen LogP contribution < -0.4 is 5.01 Å². The normalized spacial score (nSPS) is 16.9. The van der Waals surface area contributed by atoms with E-state index >= 15 is 0 Å². The number of hydrogen-bond donors (Lipinski definition) is 0. The van der Waals surface area contributed by atoms with E-state index in [-0.39, 0.29) is 5.56 Å². The molecule has 3 aromatic carbocycles. The fourth-order valence-corrected chi connectivity index (χ4v) is 3.70. The number of halogens is 4. The predicted molar refractivity (Wildman–Crippen MR) is 108 cm³/mol. The highest BCUT2D eigenvalue weighted by Gasteiger charge is 2.39. The van der Waals surface area contributed by atoms with Crippen molar-refractivity contribution in [3.05, 3.63) is 100 Å². The summed E-state index contributed by atoms with van der Waals surface area (Å²) in [6, 6.07) is 22.2. The summed E-state index contributed by atoms with van der Waals surface area (Å²) in [4.78, 5) is 0. The largest absolute Gasteiger partial charge is 0.416 e. The number of hydrazone groups is 1. The van der Waals surface area contributed by atoms with Gasteiger partial charge in [-0.2, -0.15) is 18.3 Å².